The second-order valence-electron chi connectivity index (χ2n) is 5.24. The molecule has 0 unspecified atom stereocenters. The van der Waals surface area contributed by atoms with E-state index in [1.165, 1.54) is 12.0 Å². The normalized spacial score (nSPS) is 10.3. The Kier molecular flexibility index (Phi) is 10.8. The van der Waals surface area contributed by atoms with Crippen LogP contribution >= 0.6 is 0 Å². The maximum Gasteiger partial charge on any atom is 0.307 e. The third kappa shape index (κ3) is 8.68. The van der Waals surface area contributed by atoms with Crippen LogP contribution in [0.2, 0.25) is 0 Å². The monoisotopic (exact) mass is 369 g/mol. The SMILES string of the molecule is CCOc1ccc(OCC(=O)N(CCOCCO)CCC(=O)OC)cc1. The molecule has 26 heavy (non-hydrogen) atoms. The Hall–Kier alpha value is -2.32. The number of aliphatic hydroxyl groups is 1. The van der Waals surface area contributed by atoms with Crippen LogP contribution in [0.1, 0.15) is 13.3 Å². The summed E-state index contributed by atoms with van der Waals surface area (Å²) in [6.45, 7) is 3.19. The molecule has 8 heteroatoms. The van der Waals surface area contributed by atoms with E-state index in [9.17, 15) is 9.59 Å². The van der Waals surface area contributed by atoms with E-state index < -0.39 is 5.97 Å². The van der Waals surface area contributed by atoms with Crippen LogP contribution in [0, 0.1) is 0 Å². The zero-order chi connectivity index (χ0) is 19.2. The Morgan fingerprint density at radius 3 is 2.27 bits per heavy atom. The van der Waals surface area contributed by atoms with E-state index in [0.717, 1.165) is 5.75 Å². The highest BCUT2D eigenvalue weighted by molar-refractivity contribution is 5.78. The molecule has 8 nitrogen and oxygen atoms in total. The van der Waals surface area contributed by atoms with E-state index in [1.807, 2.05) is 6.92 Å². The number of ether oxygens (including phenoxy) is 4. The molecule has 1 amide bonds. The van der Waals surface area contributed by atoms with Crippen molar-refractivity contribution in [3.8, 4) is 11.5 Å². The van der Waals surface area contributed by atoms with Crippen LogP contribution in [-0.2, 0) is 19.1 Å². The van der Waals surface area contributed by atoms with Gasteiger partial charge in [0.1, 0.15) is 11.5 Å². The topological polar surface area (TPSA) is 94.5 Å². The fraction of sp³-hybridized carbons (Fsp3) is 0.556. The van der Waals surface area contributed by atoms with Gasteiger partial charge in [-0.3, -0.25) is 9.59 Å². The molecule has 1 aromatic carbocycles. The van der Waals surface area contributed by atoms with Gasteiger partial charge in [-0.15, -0.1) is 0 Å². The number of amides is 1. The summed E-state index contributed by atoms with van der Waals surface area (Å²) in [5, 5.41) is 8.72. The van der Waals surface area contributed by atoms with Gasteiger partial charge >= 0.3 is 5.97 Å². The van der Waals surface area contributed by atoms with Crippen LogP contribution in [0.3, 0.4) is 0 Å². The lowest BCUT2D eigenvalue weighted by molar-refractivity contribution is -0.142. The van der Waals surface area contributed by atoms with E-state index in [4.69, 9.17) is 19.3 Å². The molecule has 1 aromatic rings. The molecule has 0 aliphatic heterocycles. The van der Waals surface area contributed by atoms with Crippen LogP contribution in [0.4, 0.5) is 0 Å². The summed E-state index contributed by atoms with van der Waals surface area (Å²) >= 11 is 0. The quantitative estimate of drug-likeness (QED) is 0.407. The second kappa shape index (κ2) is 13.0. The maximum atomic E-state index is 12.4. The van der Waals surface area contributed by atoms with Gasteiger partial charge in [0.25, 0.3) is 5.91 Å². The number of esters is 1. The van der Waals surface area contributed by atoms with Crippen molar-refractivity contribution in [3.63, 3.8) is 0 Å². The zero-order valence-corrected chi connectivity index (χ0v) is 15.3. The first-order valence-electron chi connectivity index (χ1n) is 8.49. The van der Waals surface area contributed by atoms with Gasteiger partial charge in [0.05, 0.1) is 40.0 Å². The number of hydrogen-bond donors (Lipinski definition) is 1. The largest absolute Gasteiger partial charge is 0.494 e. The summed E-state index contributed by atoms with van der Waals surface area (Å²) in [5.41, 5.74) is 0. The molecule has 0 aliphatic carbocycles. The molecule has 1 rings (SSSR count). The highest BCUT2D eigenvalue weighted by atomic mass is 16.5. The maximum absolute atomic E-state index is 12.4. The minimum absolute atomic E-state index is 0.0864. The molecule has 0 aliphatic rings. The first-order valence-corrected chi connectivity index (χ1v) is 8.49. The molecular weight excluding hydrogens is 342 g/mol. The first-order chi connectivity index (χ1) is 12.6. The zero-order valence-electron chi connectivity index (χ0n) is 15.3. The van der Waals surface area contributed by atoms with E-state index in [2.05, 4.69) is 4.74 Å². The predicted molar refractivity (Wildman–Crippen MR) is 94.2 cm³/mol. The summed E-state index contributed by atoms with van der Waals surface area (Å²) < 4.78 is 20.6. The number of carbonyl (C=O) groups is 2. The lowest BCUT2D eigenvalue weighted by Crippen LogP contribution is -2.39. The van der Waals surface area contributed by atoms with Crippen LogP contribution in [0.15, 0.2) is 24.3 Å². The number of aliphatic hydroxyl groups excluding tert-OH is 1. The smallest absolute Gasteiger partial charge is 0.307 e. The van der Waals surface area contributed by atoms with Crippen molar-refractivity contribution in [1.82, 2.24) is 4.90 Å². The lowest BCUT2D eigenvalue weighted by atomic mass is 10.3. The molecule has 0 spiro atoms. The molecule has 0 atom stereocenters. The van der Waals surface area contributed by atoms with Crippen molar-refractivity contribution in [2.24, 2.45) is 0 Å². The third-order valence-electron chi connectivity index (χ3n) is 3.40. The Morgan fingerprint density at radius 2 is 1.69 bits per heavy atom. The first kappa shape index (κ1) is 21.7. The number of rotatable bonds is 13. The van der Waals surface area contributed by atoms with Crippen molar-refractivity contribution in [2.75, 3.05) is 53.2 Å². The third-order valence-corrected chi connectivity index (χ3v) is 3.40. The van der Waals surface area contributed by atoms with Gasteiger partial charge in [-0.1, -0.05) is 0 Å². The predicted octanol–water partition coefficient (Wildman–Crippen LogP) is 0.865. The van der Waals surface area contributed by atoms with Gasteiger partial charge in [0.2, 0.25) is 0 Å². The van der Waals surface area contributed by atoms with Crippen LogP contribution in [-0.4, -0.2) is 75.1 Å². The Labute approximate surface area is 153 Å². The molecule has 0 heterocycles. The number of nitrogens with zero attached hydrogens (tertiary/aromatic N) is 1. The summed E-state index contributed by atoms with van der Waals surface area (Å²) in [6, 6.07) is 6.98. The molecule has 0 bridgehead atoms. The fourth-order valence-electron chi connectivity index (χ4n) is 2.07. The van der Waals surface area contributed by atoms with Crippen molar-refractivity contribution >= 4 is 11.9 Å². The van der Waals surface area contributed by atoms with Gasteiger partial charge in [-0.05, 0) is 31.2 Å². The molecular formula is C18H27NO7. The Morgan fingerprint density at radius 1 is 1.04 bits per heavy atom. The minimum Gasteiger partial charge on any atom is -0.494 e. The molecule has 146 valence electrons. The van der Waals surface area contributed by atoms with E-state index in [0.29, 0.717) is 18.9 Å². The van der Waals surface area contributed by atoms with Crippen LogP contribution in [0.25, 0.3) is 0 Å². The van der Waals surface area contributed by atoms with E-state index in [-0.39, 0.29) is 45.3 Å². The van der Waals surface area contributed by atoms with Gasteiger partial charge in [0, 0.05) is 13.1 Å². The molecule has 0 saturated heterocycles. The van der Waals surface area contributed by atoms with Crippen LogP contribution < -0.4 is 9.47 Å². The number of benzene rings is 1. The van der Waals surface area contributed by atoms with E-state index in [1.54, 1.807) is 24.3 Å². The fourth-order valence-corrected chi connectivity index (χ4v) is 2.07. The Balaban J connectivity index is 2.51. The summed E-state index contributed by atoms with van der Waals surface area (Å²) in [7, 11) is 1.30. The van der Waals surface area contributed by atoms with Gasteiger partial charge in [-0.2, -0.15) is 0 Å². The number of hydrogen-bond acceptors (Lipinski definition) is 7. The van der Waals surface area contributed by atoms with Crippen molar-refractivity contribution < 1.29 is 33.6 Å². The lowest BCUT2D eigenvalue weighted by Gasteiger charge is -2.22. The van der Waals surface area contributed by atoms with E-state index >= 15 is 0 Å². The average molecular weight is 369 g/mol. The minimum atomic E-state index is -0.397. The standard InChI is InChI=1S/C18H27NO7/c1-3-25-15-4-6-16(7-5-15)26-14-17(21)19(9-8-18(22)23-2)10-12-24-13-11-20/h4-7,20H,3,8-14H2,1-2H3. The van der Waals surface area contributed by atoms with Crippen molar-refractivity contribution in [2.45, 2.75) is 13.3 Å². The van der Waals surface area contributed by atoms with Crippen molar-refractivity contribution in [1.29, 1.82) is 0 Å². The molecule has 0 fully saturated rings. The summed E-state index contributed by atoms with van der Waals surface area (Å²) in [6.07, 6.45) is 0.0886. The van der Waals surface area contributed by atoms with Gasteiger partial charge in [-0.25, -0.2) is 0 Å². The highest BCUT2D eigenvalue weighted by Gasteiger charge is 2.16. The van der Waals surface area contributed by atoms with Crippen molar-refractivity contribution in [3.05, 3.63) is 24.3 Å². The molecule has 0 radical (unpaired) electrons. The Bertz CT molecular complexity index is 533. The summed E-state index contributed by atoms with van der Waals surface area (Å²) in [4.78, 5) is 25.2. The second-order valence-corrected chi connectivity index (χ2v) is 5.24. The number of carbonyl (C=O) groups excluding carboxylic acids is 2. The van der Waals surface area contributed by atoms with Gasteiger partial charge < -0.3 is 29.0 Å². The number of methoxy groups -OCH3 is 1. The molecule has 0 saturated carbocycles. The van der Waals surface area contributed by atoms with Crippen LogP contribution in [0.5, 0.6) is 11.5 Å². The molecule has 0 aromatic heterocycles. The molecule has 1 N–H and O–H groups in total. The average Bonchev–Trinajstić information content (AvgIpc) is 2.66. The summed E-state index contributed by atoms with van der Waals surface area (Å²) in [5.74, 6) is 0.611. The van der Waals surface area contributed by atoms with Gasteiger partial charge in [0.15, 0.2) is 6.61 Å². The highest BCUT2D eigenvalue weighted by Crippen LogP contribution is 2.17.